The number of carboxylic acid groups (broad SMARTS) is 4. The molecule has 105 heavy (non-hydrogen) atoms. The second-order valence-corrected chi connectivity index (χ2v) is 23.2. The van der Waals surface area contributed by atoms with Crippen molar-refractivity contribution >= 4 is 69.8 Å². The lowest BCUT2D eigenvalue weighted by Gasteiger charge is -2.25. The van der Waals surface area contributed by atoms with Crippen LogP contribution in [0.3, 0.4) is 0 Å². The molecule has 0 unspecified atom stereocenters. The molecule has 0 radical (unpaired) electrons. The minimum absolute atomic E-state index is 0. The van der Waals surface area contributed by atoms with Crippen LogP contribution in [0.15, 0.2) is 211 Å². The molecule has 0 amide bonds. The monoisotopic (exact) mass is 1480 g/mol. The van der Waals surface area contributed by atoms with Gasteiger partial charge in [0.15, 0.2) is 18.7 Å². The number of aliphatic hydroxyl groups is 2. The van der Waals surface area contributed by atoms with E-state index in [9.17, 15) is 71.1 Å². The smallest absolute Gasteiger partial charge is 0.365 e. The molecule has 0 bridgehead atoms. The van der Waals surface area contributed by atoms with Crippen molar-refractivity contribution in [2.24, 2.45) is 0 Å². The van der Waals surface area contributed by atoms with E-state index in [4.69, 9.17) is 48.8 Å². The van der Waals surface area contributed by atoms with E-state index in [1.54, 1.807) is 109 Å². The van der Waals surface area contributed by atoms with E-state index in [0.29, 0.717) is 11.1 Å². The third-order valence-corrected chi connectivity index (χ3v) is 14.4. The minimum atomic E-state index is -4.27. The van der Waals surface area contributed by atoms with Crippen molar-refractivity contribution in [3.63, 3.8) is 0 Å². The quantitative estimate of drug-likeness (QED) is 0.00997. The van der Waals surface area contributed by atoms with Gasteiger partial charge in [-0.25, -0.2) is 13.2 Å². The summed E-state index contributed by atoms with van der Waals surface area (Å²) in [4.78, 5) is 117. The molecular formula is C74H91N5O25S. The first-order valence-corrected chi connectivity index (χ1v) is 32.4. The summed E-state index contributed by atoms with van der Waals surface area (Å²) in [6.45, 7) is 1.97. The van der Waals surface area contributed by atoms with Gasteiger partial charge >= 0.3 is 59.7 Å². The highest BCUT2D eigenvalue weighted by atomic mass is 32.2. The van der Waals surface area contributed by atoms with Gasteiger partial charge < -0.3 is 69.3 Å². The second-order valence-electron chi connectivity index (χ2n) is 21.8. The molecule has 7 rings (SSSR count). The van der Waals surface area contributed by atoms with E-state index in [0.717, 1.165) is 27.8 Å². The molecule has 0 aliphatic heterocycles. The number of hydrogen-bond acceptors (Lipinski definition) is 25. The van der Waals surface area contributed by atoms with Crippen LogP contribution in [0.1, 0.15) is 93.3 Å². The molecule has 7 aromatic rings. The minimum Gasteiger partial charge on any atom is -0.744 e. The van der Waals surface area contributed by atoms with E-state index in [-0.39, 0.29) is 73.2 Å². The standard InChI is InChI=1S/C37H38N2O9.C18H19NO4.C9H14N2O9.C7H8O3S.3CH4/c40-33(45-23-27-13-5-1-6-14-27)21-31(35(42)47-25-29-17-9-3-10-18-29)38-37(44)39-32(36(43)48-26-30-19-11-4-12-20-30)22-34(41)46-24-28-15-7-2-8-16-28;19-16(18(21)23-13-15-9-5-2-6-10-15)11-17(20)22-12-14-7-3-1-4-8-14;12-5(13)1-3(7(16)17)10-9(20)11-4(8(18)19)2-6(14)15;1-6-2-4-7(5-3-6)11(8,9)10;;;/h1-20,31-32,37-39,44H,21-26H2;1-10,16H,11-13,19H2;3-4,9-11,20H,1-2H2,(H,12,13)(H,14,15)(H,16,17)(H,18,19);2-5H,1H3,(H,8,9,10);3*1H4/t31-,32-;16-;3-,4-;;;;/m000..../s1. The Morgan fingerprint density at radius 1 is 0.362 bits per heavy atom. The lowest BCUT2D eigenvalue weighted by atomic mass is 10.2. The summed E-state index contributed by atoms with van der Waals surface area (Å²) in [6.07, 6.45) is -6.48. The number of benzene rings is 7. The van der Waals surface area contributed by atoms with Crippen LogP contribution in [0.4, 0.5) is 0 Å². The highest BCUT2D eigenvalue weighted by Gasteiger charge is 2.32. The van der Waals surface area contributed by atoms with Crippen molar-refractivity contribution in [2.45, 2.75) is 149 Å². The van der Waals surface area contributed by atoms with Gasteiger partial charge in [0.2, 0.25) is 0 Å². The Labute approximate surface area is 608 Å². The molecule has 30 nitrogen and oxygen atoms in total. The van der Waals surface area contributed by atoms with E-state index >= 15 is 0 Å². The summed E-state index contributed by atoms with van der Waals surface area (Å²) in [6, 6.07) is 53.4. The molecule has 0 aromatic heterocycles. The maximum Gasteiger partial charge on any atom is 0.365 e. The maximum atomic E-state index is 13.1. The second kappa shape index (κ2) is 50.3. The Morgan fingerprint density at radius 3 is 0.848 bits per heavy atom. The number of esters is 6. The number of ether oxygens (including phenoxy) is 6. The van der Waals surface area contributed by atoms with Gasteiger partial charge in [-0.05, 0) is 52.4 Å². The van der Waals surface area contributed by atoms with Crippen molar-refractivity contribution in [1.82, 2.24) is 21.3 Å². The van der Waals surface area contributed by atoms with Crippen LogP contribution in [0.25, 0.3) is 0 Å². The van der Waals surface area contributed by atoms with Crippen LogP contribution in [-0.4, -0.2) is 146 Å². The molecule has 13 N–H and O–H groups in total. The number of aliphatic hydroxyl groups excluding tert-OH is 2. The average Bonchev–Trinajstić information content (AvgIpc) is 0.873. The van der Waals surface area contributed by atoms with Gasteiger partial charge in [0.25, 0.3) is 0 Å². The highest BCUT2D eigenvalue weighted by molar-refractivity contribution is 7.85. The Balaban J connectivity index is 0.000000802. The molecule has 0 aliphatic rings. The molecule has 0 saturated heterocycles. The van der Waals surface area contributed by atoms with E-state index in [1.165, 1.54) is 12.1 Å². The van der Waals surface area contributed by atoms with Gasteiger partial charge in [-0.15, -0.1) is 0 Å². The van der Waals surface area contributed by atoms with Crippen molar-refractivity contribution in [3.8, 4) is 0 Å². The summed E-state index contributed by atoms with van der Waals surface area (Å²) in [5.41, 5.74) is 9.31. The van der Waals surface area contributed by atoms with Crippen LogP contribution in [0.2, 0.25) is 0 Å². The fraction of sp³-hybridized carbons (Fsp3) is 0.297. The number of rotatable bonds is 36. The van der Waals surface area contributed by atoms with Crippen LogP contribution in [-0.2, 0) is 126 Å². The zero-order valence-corrected chi connectivity index (χ0v) is 55.8. The van der Waals surface area contributed by atoms with Gasteiger partial charge in [-0.1, -0.05) is 222 Å². The van der Waals surface area contributed by atoms with Gasteiger partial charge in [0.1, 0.15) is 80.3 Å². The number of aryl methyl sites for hydroxylation is 1. The van der Waals surface area contributed by atoms with Gasteiger partial charge in [-0.2, -0.15) is 0 Å². The first-order chi connectivity index (χ1) is 48.6. The third-order valence-electron chi connectivity index (χ3n) is 13.6. The van der Waals surface area contributed by atoms with Crippen molar-refractivity contribution < 1.29 is 126 Å². The fourth-order valence-corrected chi connectivity index (χ4v) is 8.75. The zero-order valence-electron chi connectivity index (χ0n) is 55.0. The van der Waals surface area contributed by atoms with Gasteiger partial charge in [0, 0.05) is 0 Å². The van der Waals surface area contributed by atoms with Crippen LogP contribution in [0.5, 0.6) is 0 Å². The summed E-state index contributed by atoms with van der Waals surface area (Å²) < 4.78 is 63.0. The molecular weight excluding hydrogens is 1390 g/mol. The van der Waals surface area contributed by atoms with E-state index in [2.05, 4.69) is 16.4 Å². The first kappa shape index (κ1) is 91.9. The predicted molar refractivity (Wildman–Crippen MR) is 377 cm³/mol. The summed E-state index contributed by atoms with van der Waals surface area (Å²) in [5, 5.41) is 63.6. The number of carbonyl (C=O) groups is 10. The van der Waals surface area contributed by atoms with Crippen molar-refractivity contribution in [2.75, 3.05) is 0 Å². The summed E-state index contributed by atoms with van der Waals surface area (Å²) in [7, 11) is -4.27. The Morgan fingerprint density at radius 2 is 0.600 bits per heavy atom. The fourth-order valence-electron chi connectivity index (χ4n) is 8.28. The third kappa shape index (κ3) is 39.8. The molecule has 568 valence electrons. The normalized spacial score (nSPS) is 11.8. The van der Waals surface area contributed by atoms with Crippen molar-refractivity contribution in [1.29, 1.82) is 0 Å². The largest absolute Gasteiger partial charge is 0.744 e. The molecule has 7 aromatic carbocycles. The van der Waals surface area contributed by atoms with Gasteiger partial charge in [-0.3, -0.25) is 64.4 Å². The molecule has 0 spiro atoms. The van der Waals surface area contributed by atoms with Crippen LogP contribution in [0, 0.1) is 6.92 Å². The molecule has 0 fully saturated rings. The number of hydrogen-bond donors (Lipinski definition) is 11. The Hall–Kier alpha value is -11.1. The number of quaternary nitrogens is 1. The van der Waals surface area contributed by atoms with E-state index < -0.39 is 138 Å². The molecule has 0 aliphatic carbocycles. The molecule has 0 heterocycles. The summed E-state index contributed by atoms with van der Waals surface area (Å²) in [5.74, 6) is -10.2. The topological polar surface area (TPSA) is 480 Å². The van der Waals surface area contributed by atoms with Crippen LogP contribution >= 0.6 is 0 Å². The highest BCUT2D eigenvalue weighted by Crippen LogP contribution is 2.13. The number of carboxylic acids is 4. The number of nitrogens with one attached hydrogen (secondary N) is 4. The molecule has 5 atom stereocenters. The van der Waals surface area contributed by atoms with E-state index in [1.807, 2.05) is 102 Å². The van der Waals surface area contributed by atoms with Crippen molar-refractivity contribution in [3.05, 3.63) is 245 Å². The lowest BCUT2D eigenvalue weighted by molar-refractivity contribution is -0.408. The van der Waals surface area contributed by atoms with Gasteiger partial charge in [0.05, 0.1) is 30.6 Å². The zero-order chi connectivity index (χ0) is 74.8. The predicted octanol–water partition coefficient (Wildman–Crippen LogP) is 5.51. The maximum absolute atomic E-state index is 13.1. The van der Waals surface area contributed by atoms with Crippen LogP contribution < -0.4 is 27.0 Å². The first-order valence-electron chi connectivity index (χ1n) is 31.0. The number of aliphatic carboxylic acids is 4. The lowest BCUT2D eigenvalue weighted by Crippen LogP contribution is -2.66. The molecule has 31 heteroatoms. The molecule has 0 saturated carbocycles. The number of carbonyl (C=O) groups excluding carboxylic acids is 6. The Bertz CT molecular complexity index is 3700. The summed E-state index contributed by atoms with van der Waals surface area (Å²) >= 11 is 0. The Kier molecular flexibility index (Phi) is 44.0. The SMILES string of the molecule is C.C.C.Cc1ccc(S(=O)(=O)[O-])cc1.O=C(C[C@H](NC(O)N[C@@H](CC(=O)OCc1ccccc1)C(=O)OCc1ccccc1)C(=O)OCc1ccccc1)OCc1ccccc1.O=C(O)C[C@H](NC(O)N[C@@H](CC(=O)O)C(=O)O)C(=O)O.[NH3+][C@@H](CC(=O)OCc1ccccc1)C(=O)OCc1ccccc1. The average molecular weight is 1480 g/mol.